The van der Waals surface area contributed by atoms with Crippen LogP contribution < -0.4 is 10.6 Å². The molecular weight excluding hydrogens is 360 g/mol. The molecule has 132 valence electrons. The number of fused-ring (bicyclic) bond motifs is 1. The van der Waals surface area contributed by atoms with E-state index in [0.717, 1.165) is 24.0 Å². The fourth-order valence-corrected chi connectivity index (χ4v) is 4.11. The molecule has 0 heterocycles. The molecule has 7 heteroatoms. The third-order valence-corrected chi connectivity index (χ3v) is 5.24. The van der Waals surface area contributed by atoms with Crippen LogP contribution in [0, 0.1) is 0 Å². The Balaban J connectivity index is 1.71. The number of amides is 2. The van der Waals surface area contributed by atoms with Gasteiger partial charge in [0.25, 0.3) is 0 Å². The summed E-state index contributed by atoms with van der Waals surface area (Å²) in [6.45, 7) is 0. The van der Waals surface area contributed by atoms with Gasteiger partial charge in [0.15, 0.2) is 9.84 Å². The van der Waals surface area contributed by atoms with Crippen LogP contribution in [-0.2, 0) is 22.0 Å². The Morgan fingerprint density at radius 2 is 2.00 bits per heavy atom. The van der Waals surface area contributed by atoms with E-state index in [9.17, 15) is 13.2 Å². The SMILES string of the molecule is CS(=O)(=O)Cc1ccccc1NC(=O)N[C@@H]1CCc2cc(Cl)ccc21. The van der Waals surface area contributed by atoms with Crippen molar-refractivity contribution < 1.29 is 13.2 Å². The highest BCUT2D eigenvalue weighted by Gasteiger charge is 2.24. The Kier molecular flexibility index (Phi) is 5.01. The minimum atomic E-state index is -3.19. The summed E-state index contributed by atoms with van der Waals surface area (Å²) < 4.78 is 23.1. The molecular formula is C18H19ClN2O3S. The maximum Gasteiger partial charge on any atom is 0.319 e. The number of urea groups is 1. The number of sulfone groups is 1. The molecule has 0 aromatic heterocycles. The van der Waals surface area contributed by atoms with Gasteiger partial charge in [-0.1, -0.05) is 35.9 Å². The lowest BCUT2D eigenvalue weighted by Gasteiger charge is -2.16. The number of rotatable bonds is 4. The van der Waals surface area contributed by atoms with E-state index >= 15 is 0 Å². The minimum Gasteiger partial charge on any atom is -0.331 e. The van der Waals surface area contributed by atoms with Crippen molar-refractivity contribution in [3.8, 4) is 0 Å². The Morgan fingerprint density at radius 1 is 1.24 bits per heavy atom. The molecule has 0 saturated carbocycles. The van der Waals surface area contributed by atoms with Gasteiger partial charge >= 0.3 is 6.03 Å². The Labute approximate surface area is 152 Å². The fourth-order valence-electron chi connectivity index (χ4n) is 3.10. The van der Waals surface area contributed by atoms with Crippen molar-refractivity contribution in [2.45, 2.75) is 24.6 Å². The Hall–Kier alpha value is -2.05. The summed E-state index contributed by atoms with van der Waals surface area (Å²) in [4.78, 5) is 12.4. The maximum absolute atomic E-state index is 12.4. The molecule has 5 nitrogen and oxygen atoms in total. The van der Waals surface area contributed by atoms with Crippen LogP contribution in [0.2, 0.25) is 5.02 Å². The summed E-state index contributed by atoms with van der Waals surface area (Å²) in [6.07, 6.45) is 2.85. The van der Waals surface area contributed by atoms with E-state index in [-0.39, 0.29) is 17.8 Å². The second kappa shape index (κ2) is 7.06. The zero-order chi connectivity index (χ0) is 18.0. The van der Waals surface area contributed by atoms with Crippen LogP contribution in [0.25, 0.3) is 0 Å². The molecule has 0 fully saturated rings. The van der Waals surface area contributed by atoms with Crippen molar-refractivity contribution >= 4 is 33.2 Å². The third-order valence-electron chi connectivity index (χ3n) is 4.17. The van der Waals surface area contributed by atoms with Crippen LogP contribution in [0.15, 0.2) is 42.5 Å². The summed E-state index contributed by atoms with van der Waals surface area (Å²) in [7, 11) is -3.19. The molecule has 2 aromatic carbocycles. The molecule has 0 saturated heterocycles. The number of carbonyl (C=O) groups excluding carboxylic acids is 1. The van der Waals surface area contributed by atoms with E-state index in [2.05, 4.69) is 10.6 Å². The highest BCUT2D eigenvalue weighted by Crippen LogP contribution is 2.32. The highest BCUT2D eigenvalue weighted by atomic mass is 35.5. The Morgan fingerprint density at radius 3 is 2.76 bits per heavy atom. The molecule has 2 aromatic rings. The topological polar surface area (TPSA) is 75.3 Å². The normalized spacial score (nSPS) is 16.3. The number of hydrogen-bond donors (Lipinski definition) is 2. The van der Waals surface area contributed by atoms with Crippen molar-refractivity contribution in [3.63, 3.8) is 0 Å². The molecule has 3 rings (SSSR count). The number of halogens is 1. The first kappa shape index (κ1) is 17.8. The molecule has 25 heavy (non-hydrogen) atoms. The van der Waals surface area contributed by atoms with Gasteiger partial charge in [0.05, 0.1) is 11.8 Å². The summed E-state index contributed by atoms with van der Waals surface area (Å²) in [5.41, 5.74) is 3.29. The zero-order valence-corrected chi connectivity index (χ0v) is 15.3. The van der Waals surface area contributed by atoms with Crippen LogP contribution in [0.3, 0.4) is 0 Å². The molecule has 0 aliphatic heterocycles. The number of para-hydroxylation sites is 1. The summed E-state index contributed by atoms with van der Waals surface area (Å²) in [5.74, 6) is -0.117. The summed E-state index contributed by atoms with van der Waals surface area (Å²) >= 11 is 6.01. The third kappa shape index (κ3) is 4.52. The second-order valence-corrected chi connectivity index (χ2v) is 8.84. The fraction of sp³-hybridized carbons (Fsp3) is 0.278. The van der Waals surface area contributed by atoms with Crippen molar-refractivity contribution in [3.05, 3.63) is 64.2 Å². The molecule has 1 aliphatic carbocycles. The molecule has 0 spiro atoms. The molecule has 1 aliphatic rings. The van der Waals surface area contributed by atoms with Crippen LogP contribution in [0.1, 0.15) is 29.2 Å². The van der Waals surface area contributed by atoms with Gasteiger partial charge in [-0.15, -0.1) is 0 Å². The van der Waals surface area contributed by atoms with Crippen LogP contribution in [0.4, 0.5) is 10.5 Å². The van der Waals surface area contributed by atoms with Gasteiger partial charge in [-0.2, -0.15) is 0 Å². The van der Waals surface area contributed by atoms with Crippen LogP contribution in [0.5, 0.6) is 0 Å². The molecule has 0 bridgehead atoms. The maximum atomic E-state index is 12.4. The molecule has 2 amide bonds. The number of aryl methyl sites for hydroxylation is 1. The predicted molar refractivity (Wildman–Crippen MR) is 99.7 cm³/mol. The molecule has 0 unspecified atom stereocenters. The van der Waals surface area contributed by atoms with E-state index in [0.29, 0.717) is 16.3 Å². The lowest BCUT2D eigenvalue weighted by molar-refractivity contribution is 0.248. The van der Waals surface area contributed by atoms with Crippen LogP contribution >= 0.6 is 11.6 Å². The van der Waals surface area contributed by atoms with E-state index in [4.69, 9.17) is 11.6 Å². The van der Waals surface area contributed by atoms with E-state index in [1.807, 2.05) is 18.2 Å². The number of benzene rings is 2. The van der Waals surface area contributed by atoms with E-state index < -0.39 is 9.84 Å². The first-order valence-electron chi connectivity index (χ1n) is 7.93. The first-order valence-corrected chi connectivity index (χ1v) is 10.4. The second-order valence-electron chi connectivity index (χ2n) is 6.26. The van der Waals surface area contributed by atoms with Crippen molar-refractivity contribution in [1.82, 2.24) is 5.32 Å². The lowest BCUT2D eigenvalue weighted by atomic mass is 10.1. The Bertz CT molecular complexity index is 912. The van der Waals surface area contributed by atoms with Gasteiger partial charge in [0, 0.05) is 17.0 Å². The van der Waals surface area contributed by atoms with Gasteiger partial charge in [0.2, 0.25) is 0 Å². The van der Waals surface area contributed by atoms with Crippen molar-refractivity contribution in [2.75, 3.05) is 11.6 Å². The average Bonchev–Trinajstić information content (AvgIpc) is 2.90. The number of anilines is 1. The molecule has 0 radical (unpaired) electrons. The molecule has 1 atom stereocenters. The smallest absolute Gasteiger partial charge is 0.319 e. The van der Waals surface area contributed by atoms with E-state index in [1.165, 1.54) is 6.26 Å². The highest BCUT2D eigenvalue weighted by molar-refractivity contribution is 7.89. The van der Waals surface area contributed by atoms with Crippen molar-refractivity contribution in [2.24, 2.45) is 0 Å². The minimum absolute atomic E-state index is 0.0747. The monoisotopic (exact) mass is 378 g/mol. The number of nitrogens with one attached hydrogen (secondary N) is 2. The number of carbonyl (C=O) groups is 1. The van der Waals surface area contributed by atoms with Crippen LogP contribution in [-0.4, -0.2) is 20.7 Å². The van der Waals surface area contributed by atoms with Gasteiger partial charge < -0.3 is 10.6 Å². The summed E-state index contributed by atoms with van der Waals surface area (Å²) in [5, 5.41) is 6.41. The van der Waals surface area contributed by atoms with Gasteiger partial charge in [-0.25, -0.2) is 13.2 Å². The predicted octanol–water partition coefficient (Wildman–Crippen LogP) is 3.69. The first-order chi connectivity index (χ1) is 11.8. The van der Waals surface area contributed by atoms with E-state index in [1.54, 1.807) is 24.3 Å². The largest absolute Gasteiger partial charge is 0.331 e. The quantitative estimate of drug-likeness (QED) is 0.851. The van der Waals surface area contributed by atoms with Gasteiger partial charge in [0.1, 0.15) is 0 Å². The zero-order valence-electron chi connectivity index (χ0n) is 13.8. The van der Waals surface area contributed by atoms with Crippen molar-refractivity contribution in [1.29, 1.82) is 0 Å². The van der Waals surface area contributed by atoms with Gasteiger partial charge in [-0.05, 0) is 47.7 Å². The summed E-state index contributed by atoms with van der Waals surface area (Å²) in [6, 6.07) is 12.2. The lowest BCUT2D eigenvalue weighted by Crippen LogP contribution is -2.32. The van der Waals surface area contributed by atoms with Gasteiger partial charge in [-0.3, -0.25) is 0 Å². The standard InChI is InChI=1S/C18H19ClN2O3S/c1-25(23,24)11-13-4-2-3-5-16(13)20-18(22)21-17-9-6-12-10-14(19)7-8-15(12)17/h2-5,7-8,10,17H,6,9,11H2,1H3,(H2,20,21,22)/t17-/m1/s1. The average molecular weight is 379 g/mol. The number of hydrogen-bond acceptors (Lipinski definition) is 3. The molecule has 2 N–H and O–H groups in total.